The topological polar surface area (TPSA) is 40.5 Å². The molecule has 0 amide bonds. The van der Waals surface area contributed by atoms with Gasteiger partial charge in [0.1, 0.15) is 9.39 Å². The molecule has 4 heteroatoms. The minimum absolute atomic E-state index is 0.0720. The standard InChI is InChI=1S/C6H7BO2Si/c8-7(9)10-6-4-2-1-3-5-6/h1-5,8-9H. The maximum absolute atomic E-state index is 8.57. The first kappa shape index (κ1) is 7.53. The molecule has 0 saturated heterocycles. The normalized spacial score (nSPS) is 9.40. The van der Waals surface area contributed by atoms with Crippen molar-refractivity contribution in [2.24, 2.45) is 0 Å². The van der Waals surface area contributed by atoms with E-state index in [1.807, 2.05) is 30.3 Å². The summed E-state index contributed by atoms with van der Waals surface area (Å²) in [6.45, 7) is -1.21. The second-order valence-electron chi connectivity index (χ2n) is 1.88. The van der Waals surface area contributed by atoms with Crippen molar-refractivity contribution < 1.29 is 10.0 Å². The third kappa shape index (κ3) is 2.35. The van der Waals surface area contributed by atoms with Crippen LogP contribution in [0.4, 0.5) is 0 Å². The van der Waals surface area contributed by atoms with Crippen LogP contribution in [0, 0.1) is 0 Å². The van der Waals surface area contributed by atoms with E-state index < -0.39 is 6.71 Å². The molecule has 0 aromatic heterocycles. The van der Waals surface area contributed by atoms with Gasteiger partial charge in [0.2, 0.25) is 0 Å². The summed E-state index contributed by atoms with van der Waals surface area (Å²) in [6, 6.07) is 9.41. The first-order valence-corrected chi connectivity index (χ1v) is 4.04. The second-order valence-corrected chi connectivity index (χ2v) is 3.27. The summed E-state index contributed by atoms with van der Waals surface area (Å²) in [5.74, 6) is 0. The maximum atomic E-state index is 8.57. The van der Waals surface area contributed by atoms with E-state index in [-0.39, 0.29) is 9.39 Å². The zero-order chi connectivity index (χ0) is 7.40. The molecule has 1 aromatic rings. The van der Waals surface area contributed by atoms with E-state index in [2.05, 4.69) is 0 Å². The molecule has 2 nitrogen and oxygen atoms in total. The molecule has 1 rings (SSSR count). The van der Waals surface area contributed by atoms with Crippen LogP contribution < -0.4 is 5.19 Å². The zero-order valence-electron chi connectivity index (χ0n) is 5.36. The van der Waals surface area contributed by atoms with E-state index in [0.29, 0.717) is 0 Å². The van der Waals surface area contributed by atoms with Crippen molar-refractivity contribution in [3.63, 3.8) is 0 Å². The van der Waals surface area contributed by atoms with E-state index in [1.54, 1.807) is 0 Å². The molecule has 0 spiro atoms. The fourth-order valence-electron chi connectivity index (χ4n) is 0.683. The lowest BCUT2D eigenvalue weighted by Crippen LogP contribution is -2.31. The Kier molecular flexibility index (Phi) is 2.68. The van der Waals surface area contributed by atoms with Gasteiger partial charge in [-0.05, 0) is 0 Å². The Morgan fingerprint density at radius 1 is 1.10 bits per heavy atom. The van der Waals surface area contributed by atoms with Gasteiger partial charge in [0.25, 0.3) is 0 Å². The van der Waals surface area contributed by atoms with Crippen molar-refractivity contribution in [2.75, 3.05) is 0 Å². The molecule has 2 N–H and O–H groups in total. The quantitative estimate of drug-likeness (QED) is 0.530. The van der Waals surface area contributed by atoms with Crippen LogP contribution in [0.1, 0.15) is 0 Å². The first-order valence-electron chi connectivity index (χ1n) is 2.97. The summed E-state index contributed by atoms with van der Waals surface area (Å²) < 4.78 is 0. The highest BCUT2D eigenvalue weighted by Gasteiger charge is 2.07. The van der Waals surface area contributed by atoms with Gasteiger partial charge >= 0.3 is 6.71 Å². The predicted molar refractivity (Wildman–Crippen MR) is 42.0 cm³/mol. The summed E-state index contributed by atoms with van der Waals surface area (Å²) >= 11 is 0. The molecule has 1 aromatic carbocycles. The lowest BCUT2D eigenvalue weighted by Gasteiger charge is -1.95. The van der Waals surface area contributed by atoms with Gasteiger partial charge in [0, 0.05) is 0 Å². The number of hydrogen-bond donors (Lipinski definition) is 2. The summed E-state index contributed by atoms with van der Waals surface area (Å²) in [7, 11) is 0.0720. The van der Waals surface area contributed by atoms with Gasteiger partial charge in [-0.3, -0.25) is 0 Å². The molecule has 50 valence electrons. The zero-order valence-corrected chi connectivity index (χ0v) is 6.36. The molecule has 0 aliphatic heterocycles. The molecule has 0 fully saturated rings. The van der Waals surface area contributed by atoms with Gasteiger partial charge < -0.3 is 10.0 Å². The van der Waals surface area contributed by atoms with Crippen LogP contribution in [0.3, 0.4) is 0 Å². The van der Waals surface area contributed by atoms with Gasteiger partial charge in [-0.15, -0.1) is 0 Å². The minimum atomic E-state index is -1.21. The van der Waals surface area contributed by atoms with Crippen LogP contribution in [-0.4, -0.2) is 26.1 Å². The highest BCUT2D eigenvalue weighted by molar-refractivity contribution is 7.10. The smallest absolute Gasteiger partial charge is 0.426 e. The fourth-order valence-corrected chi connectivity index (χ4v) is 1.37. The van der Waals surface area contributed by atoms with Crippen molar-refractivity contribution in [1.82, 2.24) is 0 Å². The Morgan fingerprint density at radius 2 is 1.70 bits per heavy atom. The Bertz CT molecular complexity index is 190. The van der Waals surface area contributed by atoms with Crippen LogP contribution >= 0.6 is 0 Å². The molecule has 0 aliphatic carbocycles. The molecule has 0 bridgehead atoms. The third-order valence-corrected chi connectivity index (χ3v) is 1.99. The van der Waals surface area contributed by atoms with Gasteiger partial charge in [0.15, 0.2) is 0 Å². The van der Waals surface area contributed by atoms with Crippen LogP contribution in [0.2, 0.25) is 0 Å². The van der Waals surface area contributed by atoms with Gasteiger partial charge in [-0.25, -0.2) is 0 Å². The minimum Gasteiger partial charge on any atom is -0.430 e. The van der Waals surface area contributed by atoms with Crippen LogP contribution in [0.15, 0.2) is 30.3 Å². The SMILES string of the molecule is OB(O)[Si]c1ccccc1. The molecular weight excluding hydrogens is 143 g/mol. The molecule has 0 aliphatic rings. The summed E-state index contributed by atoms with van der Waals surface area (Å²) in [5, 5.41) is 18.1. The predicted octanol–water partition coefficient (Wildman–Crippen LogP) is -1.01. The van der Waals surface area contributed by atoms with Gasteiger partial charge in [-0.1, -0.05) is 35.5 Å². The van der Waals surface area contributed by atoms with E-state index in [1.165, 1.54) is 0 Å². The van der Waals surface area contributed by atoms with Crippen molar-refractivity contribution in [3.8, 4) is 0 Å². The molecular formula is C6H7BO2Si. The second kappa shape index (κ2) is 3.56. The lowest BCUT2D eigenvalue weighted by molar-refractivity contribution is 0.434. The number of hydrogen-bond acceptors (Lipinski definition) is 2. The summed E-state index contributed by atoms with van der Waals surface area (Å²) in [4.78, 5) is 0. The number of rotatable bonds is 2. The summed E-state index contributed by atoms with van der Waals surface area (Å²) in [5.41, 5.74) is 0. The van der Waals surface area contributed by atoms with Crippen molar-refractivity contribution in [3.05, 3.63) is 30.3 Å². The highest BCUT2D eigenvalue weighted by Crippen LogP contribution is 1.80. The Hall–Kier alpha value is -0.578. The van der Waals surface area contributed by atoms with Gasteiger partial charge in [-0.2, -0.15) is 0 Å². The molecule has 0 saturated carbocycles. The van der Waals surface area contributed by atoms with Crippen molar-refractivity contribution in [1.29, 1.82) is 0 Å². The lowest BCUT2D eigenvalue weighted by atomic mass is 10.4. The average molecular weight is 150 g/mol. The number of benzene rings is 1. The Morgan fingerprint density at radius 3 is 2.20 bits per heavy atom. The van der Waals surface area contributed by atoms with E-state index in [9.17, 15) is 0 Å². The molecule has 0 atom stereocenters. The van der Waals surface area contributed by atoms with E-state index >= 15 is 0 Å². The van der Waals surface area contributed by atoms with Crippen LogP contribution in [0.25, 0.3) is 0 Å². The fraction of sp³-hybridized carbons (Fsp3) is 0. The Balaban J connectivity index is 2.59. The van der Waals surface area contributed by atoms with Crippen molar-refractivity contribution in [2.45, 2.75) is 0 Å². The average Bonchev–Trinajstić information content (AvgIpc) is 1.88. The summed E-state index contributed by atoms with van der Waals surface area (Å²) in [6.07, 6.45) is 0. The third-order valence-electron chi connectivity index (χ3n) is 1.07. The molecule has 0 unspecified atom stereocenters. The maximum Gasteiger partial charge on any atom is 0.426 e. The molecule has 0 heterocycles. The van der Waals surface area contributed by atoms with E-state index in [4.69, 9.17) is 10.0 Å². The molecule has 10 heavy (non-hydrogen) atoms. The van der Waals surface area contributed by atoms with Gasteiger partial charge in [0.05, 0.1) is 0 Å². The molecule has 2 radical (unpaired) electrons. The Labute approximate surface area is 62.4 Å². The van der Waals surface area contributed by atoms with E-state index in [0.717, 1.165) is 5.19 Å². The van der Waals surface area contributed by atoms with Crippen LogP contribution in [0.5, 0.6) is 0 Å². The van der Waals surface area contributed by atoms with Crippen LogP contribution in [-0.2, 0) is 0 Å². The van der Waals surface area contributed by atoms with Crippen molar-refractivity contribution >= 4 is 21.3 Å². The first-order chi connectivity index (χ1) is 4.79. The largest absolute Gasteiger partial charge is 0.430 e. The monoisotopic (exact) mass is 150 g/mol. The highest BCUT2D eigenvalue weighted by atomic mass is 28.2.